The molecule has 0 radical (unpaired) electrons. The van der Waals surface area contributed by atoms with E-state index < -0.39 is 0 Å². The number of para-hydroxylation sites is 7. The zero-order valence-corrected chi connectivity index (χ0v) is 49.7. The number of hydrogen-bond donors (Lipinski definition) is 0. The minimum absolute atomic E-state index is 0.234. The van der Waals surface area contributed by atoms with E-state index in [4.69, 9.17) is 13.6 Å². The topological polar surface area (TPSA) is 45.2 Å². The summed E-state index contributed by atoms with van der Waals surface area (Å²) in [5, 5.41) is 4.27. The molecule has 0 saturated heterocycles. The molecule has 0 unspecified atom stereocenters. The van der Waals surface area contributed by atoms with Crippen LogP contribution in [0.2, 0.25) is 0 Å². The molecule has 6 nitrogen and oxygen atoms in total. The van der Waals surface area contributed by atoms with Gasteiger partial charge in [-0.15, -0.1) is 0 Å². The van der Waals surface area contributed by atoms with E-state index in [9.17, 15) is 0 Å². The van der Waals surface area contributed by atoms with Gasteiger partial charge in [0.1, 0.15) is 33.8 Å². The van der Waals surface area contributed by atoms with Gasteiger partial charge in [-0.05, 0) is 127 Å². The van der Waals surface area contributed by atoms with Crippen LogP contribution in [0.5, 0.6) is 11.5 Å². The van der Waals surface area contributed by atoms with Crippen molar-refractivity contribution in [3.63, 3.8) is 0 Å². The fourth-order valence-corrected chi connectivity index (χ4v) is 15.9. The number of hydrogen-bond acceptors (Lipinski definition) is 6. The third kappa shape index (κ3) is 7.40. The Hall–Kier alpha value is -12.0. The molecule has 14 aromatic carbocycles. The van der Waals surface area contributed by atoms with E-state index in [0.717, 1.165) is 162 Å². The van der Waals surface area contributed by atoms with E-state index in [1.807, 2.05) is 0 Å². The molecule has 0 amide bonds. The Kier molecular flexibility index (Phi) is 10.9. The molecule has 0 N–H and O–H groups in total. The van der Waals surface area contributed by atoms with E-state index in [1.165, 1.54) is 21.9 Å². The number of furan rings is 2. The molecule has 0 aliphatic carbocycles. The van der Waals surface area contributed by atoms with Gasteiger partial charge in [-0.2, -0.15) is 0 Å². The quantitative estimate of drug-likeness (QED) is 0.148. The van der Waals surface area contributed by atoms with E-state index in [1.54, 1.807) is 0 Å². The Balaban J connectivity index is 0.938. The highest BCUT2D eigenvalue weighted by Crippen LogP contribution is 2.55. The molecule has 426 valence electrons. The Labute approximate surface area is 531 Å². The van der Waals surface area contributed by atoms with Crippen molar-refractivity contribution >= 4 is 141 Å². The summed E-state index contributed by atoms with van der Waals surface area (Å²) in [6, 6.07) is 113. The number of anilines is 9. The standard InChI is InChI=1S/C84H51B2N3O3/c1-5-24-52(25-6-1)54-28-21-30-56(46-54)60-38-23-39-61(57-31-22-29-55(47-57)53-26-7-2-8-27-53)82(60)89-70-49-74-67(86-65-41-16-18-43-69(65)88(59-34-11-4-12-35-59)84-79-63-37-14-20-45-73(63)91-76(79)51-77(92-74)81(84)86)48-66(70)85-64-40-15-17-42-68(64)87(58-32-9-3-10-33-58)83-78-62-36-13-19-44-72(62)90-75(78)50-71(89)80(83)85/h1-51H. The Morgan fingerprint density at radius 2 is 0.696 bits per heavy atom. The Morgan fingerprint density at radius 1 is 0.250 bits per heavy atom. The summed E-state index contributed by atoms with van der Waals surface area (Å²) in [6.45, 7) is -0.494. The van der Waals surface area contributed by atoms with Gasteiger partial charge in [0.15, 0.2) is 0 Å². The lowest BCUT2D eigenvalue weighted by atomic mass is 9.30. The summed E-state index contributed by atoms with van der Waals surface area (Å²) in [5.74, 6) is 1.56. The van der Waals surface area contributed by atoms with Crippen LogP contribution in [-0.4, -0.2) is 13.4 Å². The number of benzene rings is 14. The van der Waals surface area contributed by atoms with Crippen LogP contribution in [0.3, 0.4) is 0 Å². The van der Waals surface area contributed by atoms with Gasteiger partial charge in [-0.1, -0.05) is 231 Å². The number of rotatable bonds is 7. The van der Waals surface area contributed by atoms with Crippen LogP contribution in [-0.2, 0) is 0 Å². The molecule has 4 aliphatic heterocycles. The second-order valence-corrected chi connectivity index (χ2v) is 24.5. The predicted octanol–water partition coefficient (Wildman–Crippen LogP) is 18.6. The van der Waals surface area contributed by atoms with Crippen LogP contribution in [0.25, 0.3) is 88.4 Å². The van der Waals surface area contributed by atoms with Gasteiger partial charge >= 0.3 is 0 Å². The van der Waals surface area contributed by atoms with Gasteiger partial charge in [0.05, 0.1) is 27.8 Å². The molecule has 0 saturated carbocycles. The maximum Gasteiger partial charge on any atom is 0.256 e. The summed E-state index contributed by atoms with van der Waals surface area (Å²) < 4.78 is 21.9. The first kappa shape index (κ1) is 51.0. The average Bonchev–Trinajstić information content (AvgIpc) is 1.04. The first-order valence-corrected chi connectivity index (χ1v) is 31.6. The summed E-state index contributed by atoms with van der Waals surface area (Å²) in [7, 11) is 0. The number of fused-ring (bicyclic) bond motifs is 16. The molecule has 8 heteroatoms. The van der Waals surface area contributed by atoms with Crippen molar-refractivity contribution in [3.8, 4) is 56.0 Å². The maximum atomic E-state index is 7.75. The smallest absolute Gasteiger partial charge is 0.256 e. The molecular formula is C84H51B2N3O3. The van der Waals surface area contributed by atoms with Crippen molar-refractivity contribution in [2.75, 3.05) is 14.7 Å². The van der Waals surface area contributed by atoms with Crippen molar-refractivity contribution < 1.29 is 13.6 Å². The maximum absolute atomic E-state index is 7.75. The summed E-state index contributed by atoms with van der Waals surface area (Å²) in [6.07, 6.45) is 0. The Morgan fingerprint density at radius 3 is 1.26 bits per heavy atom. The lowest BCUT2D eigenvalue weighted by Gasteiger charge is -2.46. The molecule has 4 aliphatic rings. The lowest BCUT2D eigenvalue weighted by molar-refractivity contribution is 0.487. The molecule has 0 spiro atoms. The second-order valence-electron chi connectivity index (χ2n) is 24.5. The van der Waals surface area contributed by atoms with Crippen LogP contribution in [0.15, 0.2) is 318 Å². The fraction of sp³-hybridized carbons (Fsp3) is 0. The van der Waals surface area contributed by atoms with E-state index in [2.05, 4.69) is 324 Å². The second kappa shape index (κ2) is 19.8. The van der Waals surface area contributed by atoms with Crippen LogP contribution in [0, 0.1) is 0 Å². The van der Waals surface area contributed by atoms with Gasteiger partial charge in [-0.3, -0.25) is 0 Å². The lowest BCUT2D eigenvalue weighted by Crippen LogP contribution is -2.64. The van der Waals surface area contributed by atoms with Crippen LogP contribution in [0.4, 0.5) is 51.2 Å². The third-order valence-electron chi connectivity index (χ3n) is 19.6. The largest absolute Gasteiger partial charge is 0.458 e. The molecule has 92 heavy (non-hydrogen) atoms. The van der Waals surface area contributed by atoms with Crippen molar-refractivity contribution in [1.29, 1.82) is 0 Å². The predicted molar refractivity (Wildman–Crippen MR) is 383 cm³/mol. The minimum atomic E-state index is -0.259. The van der Waals surface area contributed by atoms with E-state index >= 15 is 0 Å². The first-order valence-electron chi connectivity index (χ1n) is 31.6. The van der Waals surface area contributed by atoms with Gasteiger partial charge in [0.2, 0.25) is 0 Å². The van der Waals surface area contributed by atoms with Gasteiger partial charge < -0.3 is 28.3 Å². The van der Waals surface area contributed by atoms with Crippen LogP contribution >= 0.6 is 0 Å². The minimum Gasteiger partial charge on any atom is -0.458 e. The SMILES string of the molecule is c1ccc(-c2cccc(-c3cccc(-c4cccc(-c5ccccc5)c4)c3N3c4cc5c(cc4B4c6ccccc6N(c6ccccc6)c6c4c3cc3oc4ccccc4c63)B3c4ccccc4N(c4ccccc4)c4c3c(cc3oc6ccccc6c43)O5)c2)cc1. The van der Waals surface area contributed by atoms with Crippen molar-refractivity contribution in [2.45, 2.75) is 0 Å². The first-order chi connectivity index (χ1) is 45.7. The van der Waals surface area contributed by atoms with Gasteiger partial charge in [0, 0.05) is 74.2 Å². The highest BCUT2D eigenvalue weighted by molar-refractivity contribution is 7.03. The molecule has 2 aromatic heterocycles. The zero-order chi connectivity index (χ0) is 60.1. The molecule has 20 rings (SSSR count). The Bertz CT molecular complexity index is 5630. The number of ether oxygens (including phenoxy) is 1. The molecule has 0 bridgehead atoms. The van der Waals surface area contributed by atoms with Crippen LogP contribution < -0.4 is 52.2 Å². The van der Waals surface area contributed by atoms with Gasteiger partial charge in [-0.25, -0.2) is 0 Å². The average molecular weight is 1170 g/mol. The summed E-state index contributed by atoms with van der Waals surface area (Å²) in [4.78, 5) is 7.54. The summed E-state index contributed by atoms with van der Waals surface area (Å²) in [5.41, 5.74) is 28.8. The number of nitrogens with zero attached hydrogens (tertiary/aromatic N) is 3. The molecule has 16 aromatic rings. The van der Waals surface area contributed by atoms with E-state index in [0.29, 0.717) is 0 Å². The van der Waals surface area contributed by atoms with Crippen molar-refractivity contribution in [2.24, 2.45) is 0 Å². The monoisotopic (exact) mass is 1170 g/mol. The van der Waals surface area contributed by atoms with E-state index in [-0.39, 0.29) is 13.4 Å². The van der Waals surface area contributed by atoms with Crippen molar-refractivity contribution in [1.82, 2.24) is 0 Å². The molecule has 6 heterocycles. The fourth-order valence-electron chi connectivity index (χ4n) is 15.9. The highest BCUT2D eigenvalue weighted by atomic mass is 16.5. The van der Waals surface area contributed by atoms with Gasteiger partial charge in [0.25, 0.3) is 13.4 Å². The molecular weight excluding hydrogens is 1120 g/mol. The highest BCUT2D eigenvalue weighted by Gasteiger charge is 2.49. The molecule has 0 atom stereocenters. The molecule has 0 fully saturated rings. The third-order valence-corrected chi connectivity index (χ3v) is 19.6. The normalized spacial score (nSPS) is 13.2. The summed E-state index contributed by atoms with van der Waals surface area (Å²) >= 11 is 0. The van der Waals surface area contributed by atoms with Crippen LogP contribution in [0.1, 0.15) is 0 Å². The van der Waals surface area contributed by atoms with Crippen molar-refractivity contribution in [3.05, 3.63) is 309 Å². The zero-order valence-electron chi connectivity index (χ0n) is 49.7.